The molecule has 1 amide bonds. The zero-order valence-corrected chi connectivity index (χ0v) is 10.3. The number of benzene rings is 1. The van der Waals surface area contributed by atoms with Gasteiger partial charge in [0, 0.05) is 17.8 Å². The number of carbonyl (C=O) groups excluding carboxylic acids is 1. The first-order valence-electron chi connectivity index (χ1n) is 5.88. The van der Waals surface area contributed by atoms with E-state index in [0.717, 1.165) is 5.76 Å². The summed E-state index contributed by atoms with van der Waals surface area (Å²) < 4.78 is 5.26. The van der Waals surface area contributed by atoms with Crippen LogP contribution in [0.2, 0.25) is 0 Å². The Morgan fingerprint density at radius 1 is 1.33 bits per heavy atom. The number of nitrogen functional groups attached to an aromatic ring is 1. The minimum atomic E-state index is -0.0406. The molecule has 0 atom stereocenters. The van der Waals surface area contributed by atoms with Crippen LogP contribution in [0.3, 0.4) is 0 Å². The standard InChI is InChI=1S/C14H16N2O2/c1-2-16(10-13-7-4-8-18-13)14(17)11-5-3-6-12(15)9-11/h3-9H,2,10,15H2,1H3. The van der Waals surface area contributed by atoms with Gasteiger partial charge in [0.2, 0.25) is 0 Å². The Morgan fingerprint density at radius 3 is 2.78 bits per heavy atom. The minimum absolute atomic E-state index is 0.0406. The third-order valence-electron chi connectivity index (χ3n) is 2.73. The number of furan rings is 1. The molecule has 0 saturated heterocycles. The molecule has 1 aromatic heterocycles. The van der Waals surface area contributed by atoms with Gasteiger partial charge in [-0.3, -0.25) is 4.79 Å². The average molecular weight is 244 g/mol. The number of hydrogen-bond acceptors (Lipinski definition) is 3. The Hall–Kier alpha value is -2.23. The second-order valence-electron chi connectivity index (χ2n) is 4.02. The van der Waals surface area contributed by atoms with Crippen molar-refractivity contribution in [1.82, 2.24) is 4.90 Å². The Morgan fingerprint density at radius 2 is 2.17 bits per heavy atom. The number of amides is 1. The molecular weight excluding hydrogens is 228 g/mol. The number of hydrogen-bond donors (Lipinski definition) is 1. The molecule has 2 rings (SSSR count). The summed E-state index contributed by atoms with van der Waals surface area (Å²) in [5, 5.41) is 0. The topological polar surface area (TPSA) is 59.5 Å². The summed E-state index contributed by atoms with van der Waals surface area (Å²) in [6.07, 6.45) is 1.61. The number of nitrogens with zero attached hydrogens (tertiary/aromatic N) is 1. The van der Waals surface area contributed by atoms with Gasteiger partial charge in [0.05, 0.1) is 12.8 Å². The van der Waals surface area contributed by atoms with Crippen LogP contribution < -0.4 is 5.73 Å². The van der Waals surface area contributed by atoms with Gasteiger partial charge in [0.25, 0.3) is 5.91 Å². The van der Waals surface area contributed by atoms with Crippen LogP contribution in [-0.4, -0.2) is 17.4 Å². The van der Waals surface area contributed by atoms with E-state index in [1.807, 2.05) is 19.1 Å². The predicted molar refractivity (Wildman–Crippen MR) is 70.0 cm³/mol. The maximum Gasteiger partial charge on any atom is 0.254 e. The lowest BCUT2D eigenvalue weighted by molar-refractivity contribution is 0.0741. The lowest BCUT2D eigenvalue weighted by atomic mass is 10.1. The smallest absolute Gasteiger partial charge is 0.254 e. The van der Waals surface area contributed by atoms with Gasteiger partial charge >= 0.3 is 0 Å². The molecule has 4 nitrogen and oxygen atoms in total. The zero-order chi connectivity index (χ0) is 13.0. The van der Waals surface area contributed by atoms with E-state index >= 15 is 0 Å². The van der Waals surface area contributed by atoms with Crippen molar-refractivity contribution in [2.45, 2.75) is 13.5 Å². The molecule has 2 N–H and O–H groups in total. The first-order valence-corrected chi connectivity index (χ1v) is 5.88. The van der Waals surface area contributed by atoms with E-state index in [0.29, 0.717) is 24.3 Å². The van der Waals surface area contributed by atoms with Crippen LogP contribution in [0.15, 0.2) is 47.1 Å². The van der Waals surface area contributed by atoms with E-state index < -0.39 is 0 Å². The van der Waals surface area contributed by atoms with Crippen molar-refractivity contribution in [3.63, 3.8) is 0 Å². The quantitative estimate of drug-likeness (QED) is 0.841. The highest BCUT2D eigenvalue weighted by Crippen LogP contribution is 2.12. The molecule has 0 unspecified atom stereocenters. The molecule has 4 heteroatoms. The number of rotatable bonds is 4. The molecule has 1 heterocycles. The fraction of sp³-hybridized carbons (Fsp3) is 0.214. The fourth-order valence-corrected chi connectivity index (χ4v) is 1.77. The number of anilines is 1. The second kappa shape index (κ2) is 5.40. The van der Waals surface area contributed by atoms with Crippen molar-refractivity contribution < 1.29 is 9.21 Å². The molecule has 94 valence electrons. The summed E-state index contributed by atoms with van der Waals surface area (Å²) in [5.74, 6) is 0.732. The summed E-state index contributed by atoms with van der Waals surface area (Å²) in [7, 11) is 0. The molecule has 0 aliphatic carbocycles. The SMILES string of the molecule is CCN(Cc1ccco1)C(=O)c1cccc(N)c1. The van der Waals surface area contributed by atoms with Crippen LogP contribution in [0, 0.1) is 0 Å². The fourth-order valence-electron chi connectivity index (χ4n) is 1.77. The molecule has 0 radical (unpaired) electrons. The van der Waals surface area contributed by atoms with Gasteiger partial charge in [0.15, 0.2) is 0 Å². The second-order valence-corrected chi connectivity index (χ2v) is 4.02. The van der Waals surface area contributed by atoms with Crippen molar-refractivity contribution in [1.29, 1.82) is 0 Å². The van der Waals surface area contributed by atoms with Gasteiger partial charge in [-0.2, -0.15) is 0 Å². The lowest BCUT2D eigenvalue weighted by Crippen LogP contribution is -2.30. The molecule has 0 spiro atoms. The molecule has 0 aliphatic rings. The van der Waals surface area contributed by atoms with Gasteiger partial charge in [0.1, 0.15) is 5.76 Å². The molecular formula is C14H16N2O2. The van der Waals surface area contributed by atoms with Crippen molar-refractivity contribution >= 4 is 11.6 Å². The maximum atomic E-state index is 12.3. The van der Waals surface area contributed by atoms with Crippen LogP contribution >= 0.6 is 0 Å². The van der Waals surface area contributed by atoms with Crippen LogP contribution in [0.25, 0.3) is 0 Å². The highest BCUT2D eigenvalue weighted by molar-refractivity contribution is 5.94. The van der Waals surface area contributed by atoms with Crippen LogP contribution in [0.1, 0.15) is 23.0 Å². The number of nitrogens with two attached hydrogens (primary N) is 1. The highest BCUT2D eigenvalue weighted by atomic mass is 16.3. The molecule has 1 aromatic carbocycles. The first-order chi connectivity index (χ1) is 8.70. The van der Waals surface area contributed by atoms with Gasteiger partial charge in [-0.05, 0) is 37.3 Å². The lowest BCUT2D eigenvalue weighted by Gasteiger charge is -2.19. The van der Waals surface area contributed by atoms with Gasteiger partial charge < -0.3 is 15.1 Å². The van der Waals surface area contributed by atoms with E-state index in [1.54, 1.807) is 35.4 Å². The summed E-state index contributed by atoms with van der Waals surface area (Å²) in [4.78, 5) is 14.0. The largest absolute Gasteiger partial charge is 0.467 e. The summed E-state index contributed by atoms with van der Waals surface area (Å²) in [5.41, 5.74) is 6.88. The Balaban J connectivity index is 2.15. The maximum absolute atomic E-state index is 12.3. The van der Waals surface area contributed by atoms with Crippen molar-refractivity contribution in [2.24, 2.45) is 0 Å². The average Bonchev–Trinajstić information content (AvgIpc) is 2.88. The van der Waals surface area contributed by atoms with E-state index in [1.165, 1.54) is 0 Å². The Bertz CT molecular complexity index is 520. The molecule has 0 aliphatic heterocycles. The number of carbonyl (C=O) groups is 1. The molecule has 18 heavy (non-hydrogen) atoms. The third-order valence-corrected chi connectivity index (χ3v) is 2.73. The van der Waals surface area contributed by atoms with Crippen molar-refractivity contribution in [3.05, 3.63) is 54.0 Å². The Kier molecular flexibility index (Phi) is 3.67. The minimum Gasteiger partial charge on any atom is -0.467 e. The summed E-state index contributed by atoms with van der Waals surface area (Å²) >= 11 is 0. The van der Waals surface area contributed by atoms with E-state index in [-0.39, 0.29) is 5.91 Å². The van der Waals surface area contributed by atoms with Crippen LogP contribution in [0.4, 0.5) is 5.69 Å². The first kappa shape index (κ1) is 12.2. The van der Waals surface area contributed by atoms with Crippen LogP contribution in [-0.2, 0) is 6.54 Å². The zero-order valence-electron chi connectivity index (χ0n) is 10.3. The van der Waals surface area contributed by atoms with E-state index in [2.05, 4.69) is 0 Å². The van der Waals surface area contributed by atoms with E-state index in [9.17, 15) is 4.79 Å². The molecule has 2 aromatic rings. The van der Waals surface area contributed by atoms with Gasteiger partial charge in [-0.1, -0.05) is 6.07 Å². The molecule has 0 saturated carbocycles. The van der Waals surface area contributed by atoms with Crippen molar-refractivity contribution in [2.75, 3.05) is 12.3 Å². The Labute approximate surface area is 106 Å². The monoisotopic (exact) mass is 244 g/mol. The summed E-state index contributed by atoms with van der Waals surface area (Å²) in [6, 6.07) is 10.7. The molecule has 0 fully saturated rings. The van der Waals surface area contributed by atoms with Gasteiger partial charge in [-0.25, -0.2) is 0 Å². The molecule has 0 bridgehead atoms. The third kappa shape index (κ3) is 2.71. The van der Waals surface area contributed by atoms with E-state index in [4.69, 9.17) is 10.2 Å². The van der Waals surface area contributed by atoms with Crippen LogP contribution in [0.5, 0.6) is 0 Å². The van der Waals surface area contributed by atoms with Crippen molar-refractivity contribution in [3.8, 4) is 0 Å². The summed E-state index contributed by atoms with van der Waals surface area (Å²) in [6.45, 7) is 3.03. The normalized spacial score (nSPS) is 10.3. The van der Waals surface area contributed by atoms with Gasteiger partial charge in [-0.15, -0.1) is 0 Å². The predicted octanol–water partition coefficient (Wildman–Crippen LogP) is 2.52. The highest BCUT2D eigenvalue weighted by Gasteiger charge is 2.15.